The van der Waals surface area contributed by atoms with Gasteiger partial charge in [-0.1, -0.05) is 41.9 Å². The molecule has 0 aliphatic heterocycles. The molecule has 0 heterocycles. The first-order valence-corrected chi connectivity index (χ1v) is 11.1. The molecular formula is C19H27BrN2O5S. The van der Waals surface area contributed by atoms with Gasteiger partial charge in [0.15, 0.2) is 6.61 Å². The van der Waals surface area contributed by atoms with Gasteiger partial charge in [0.1, 0.15) is 6.04 Å². The van der Waals surface area contributed by atoms with Crippen LogP contribution in [0.25, 0.3) is 0 Å². The minimum Gasteiger partial charge on any atom is -0.454 e. The molecule has 1 aromatic carbocycles. The molecule has 1 N–H and O–H groups in total. The number of rotatable bonds is 10. The molecule has 1 amide bonds. The van der Waals surface area contributed by atoms with Crippen LogP contribution in [-0.2, 0) is 24.3 Å². The molecule has 1 rings (SSSR count). The lowest BCUT2D eigenvalue weighted by Gasteiger charge is -2.23. The summed E-state index contributed by atoms with van der Waals surface area (Å²) < 4.78 is 33.3. The summed E-state index contributed by atoms with van der Waals surface area (Å²) in [5.41, 5.74) is 0.809. The number of nitrogens with one attached hydrogen (secondary N) is 1. The molecular weight excluding hydrogens is 448 g/mol. The Morgan fingerprint density at radius 1 is 1.25 bits per heavy atom. The number of carbonyl (C=O) groups excluding carboxylic acids is 2. The van der Waals surface area contributed by atoms with E-state index in [1.54, 1.807) is 32.9 Å². The summed E-state index contributed by atoms with van der Waals surface area (Å²) >= 11 is 3.25. The van der Waals surface area contributed by atoms with E-state index in [-0.39, 0.29) is 16.7 Å². The Morgan fingerprint density at radius 3 is 2.29 bits per heavy atom. The van der Waals surface area contributed by atoms with Crippen LogP contribution in [0.1, 0.15) is 27.7 Å². The van der Waals surface area contributed by atoms with E-state index in [2.05, 4.69) is 27.2 Å². The van der Waals surface area contributed by atoms with Crippen molar-refractivity contribution in [3.63, 3.8) is 0 Å². The molecule has 0 spiro atoms. The molecule has 156 valence electrons. The zero-order chi connectivity index (χ0) is 21.5. The third-order valence-electron chi connectivity index (χ3n) is 3.86. The van der Waals surface area contributed by atoms with Gasteiger partial charge in [0.25, 0.3) is 5.91 Å². The first-order valence-electron chi connectivity index (χ1n) is 8.84. The average molecular weight is 475 g/mol. The molecule has 0 saturated carbocycles. The van der Waals surface area contributed by atoms with Gasteiger partial charge in [-0.15, -0.1) is 0 Å². The highest BCUT2D eigenvalue weighted by molar-refractivity contribution is 9.10. The zero-order valence-corrected chi connectivity index (χ0v) is 19.0. The Bertz CT molecular complexity index is 806. The lowest BCUT2D eigenvalue weighted by molar-refractivity contribution is -0.154. The average Bonchev–Trinajstić information content (AvgIpc) is 2.61. The second kappa shape index (κ2) is 10.7. The highest BCUT2D eigenvalue weighted by atomic mass is 79.9. The van der Waals surface area contributed by atoms with Crippen molar-refractivity contribution in [2.75, 3.05) is 19.7 Å². The van der Waals surface area contributed by atoms with Crippen molar-refractivity contribution in [1.82, 2.24) is 9.62 Å². The van der Waals surface area contributed by atoms with E-state index in [0.717, 1.165) is 10.0 Å². The molecule has 0 radical (unpaired) electrons. The van der Waals surface area contributed by atoms with Crippen LogP contribution in [0.2, 0.25) is 0 Å². The zero-order valence-electron chi connectivity index (χ0n) is 16.6. The molecule has 7 nitrogen and oxygen atoms in total. The number of hydrogen-bond donors (Lipinski definition) is 1. The molecule has 0 saturated heterocycles. The normalized spacial score (nSPS) is 12.5. The molecule has 28 heavy (non-hydrogen) atoms. The van der Waals surface area contributed by atoms with Crippen molar-refractivity contribution >= 4 is 37.8 Å². The Morgan fingerprint density at radius 2 is 1.82 bits per heavy atom. The van der Waals surface area contributed by atoms with Crippen LogP contribution in [0.15, 0.2) is 45.8 Å². The highest BCUT2D eigenvalue weighted by Crippen LogP contribution is 2.16. The number of benzene rings is 1. The summed E-state index contributed by atoms with van der Waals surface area (Å²) in [5, 5.41) is 0. The third kappa shape index (κ3) is 7.37. The topological polar surface area (TPSA) is 92.8 Å². The van der Waals surface area contributed by atoms with Crippen LogP contribution >= 0.6 is 15.9 Å². The van der Waals surface area contributed by atoms with Crippen molar-refractivity contribution in [2.24, 2.45) is 5.92 Å². The highest BCUT2D eigenvalue weighted by Gasteiger charge is 2.30. The first-order chi connectivity index (χ1) is 13.0. The minimum atomic E-state index is -3.92. The summed E-state index contributed by atoms with van der Waals surface area (Å²) in [6.07, 6.45) is 0. The van der Waals surface area contributed by atoms with Crippen LogP contribution in [0.3, 0.4) is 0 Å². The molecule has 9 heteroatoms. The van der Waals surface area contributed by atoms with Crippen molar-refractivity contribution in [3.8, 4) is 0 Å². The van der Waals surface area contributed by atoms with E-state index in [1.165, 1.54) is 17.0 Å². The molecule has 0 bridgehead atoms. The van der Waals surface area contributed by atoms with Gasteiger partial charge in [-0.05, 0) is 44.0 Å². The Balaban J connectivity index is 2.82. The number of nitrogens with zero attached hydrogens (tertiary/aromatic N) is 1. The van der Waals surface area contributed by atoms with E-state index in [4.69, 9.17) is 4.74 Å². The summed E-state index contributed by atoms with van der Waals surface area (Å²) in [7, 11) is -3.92. The molecule has 0 aliphatic rings. The number of sulfonamides is 1. The third-order valence-corrected chi connectivity index (χ3v) is 5.85. The van der Waals surface area contributed by atoms with Gasteiger partial charge in [-0.2, -0.15) is 4.72 Å². The van der Waals surface area contributed by atoms with Gasteiger partial charge < -0.3 is 9.64 Å². The number of halogens is 1. The van der Waals surface area contributed by atoms with Crippen LogP contribution in [-0.4, -0.2) is 50.9 Å². The van der Waals surface area contributed by atoms with Crippen LogP contribution in [0, 0.1) is 5.92 Å². The molecule has 0 fully saturated rings. The van der Waals surface area contributed by atoms with Crippen LogP contribution < -0.4 is 4.72 Å². The fourth-order valence-corrected chi connectivity index (χ4v) is 3.92. The lowest BCUT2D eigenvalue weighted by Crippen LogP contribution is -2.46. The number of likely N-dealkylation sites (N-methyl/N-ethyl adjacent to an activating group) is 1. The summed E-state index contributed by atoms with van der Waals surface area (Å²) in [4.78, 5) is 26.2. The van der Waals surface area contributed by atoms with Crippen LogP contribution in [0.4, 0.5) is 0 Å². The number of esters is 1. The smallest absolute Gasteiger partial charge is 0.324 e. The number of hydrogen-bond acceptors (Lipinski definition) is 5. The van der Waals surface area contributed by atoms with Gasteiger partial charge in [-0.25, -0.2) is 8.42 Å². The fraction of sp³-hybridized carbons (Fsp3) is 0.474. The Hall–Kier alpha value is -1.71. The minimum absolute atomic E-state index is 0.0313. The van der Waals surface area contributed by atoms with Gasteiger partial charge in [0, 0.05) is 17.6 Å². The maximum absolute atomic E-state index is 12.6. The van der Waals surface area contributed by atoms with Gasteiger partial charge >= 0.3 is 5.97 Å². The second-order valence-electron chi connectivity index (χ2n) is 6.77. The number of amides is 1. The van der Waals surface area contributed by atoms with Crippen molar-refractivity contribution in [2.45, 2.75) is 38.6 Å². The molecule has 1 atom stereocenters. The van der Waals surface area contributed by atoms with Crippen molar-refractivity contribution in [1.29, 1.82) is 0 Å². The van der Waals surface area contributed by atoms with E-state index < -0.39 is 28.6 Å². The second-order valence-corrected chi connectivity index (χ2v) is 9.40. The number of carbonyl (C=O) groups is 2. The fourth-order valence-electron chi connectivity index (χ4n) is 2.32. The van der Waals surface area contributed by atoms with Crippen molar-refractivity contribution < 1.29 is 22.7 Å². The van der Waals surface area contributed by atoms with Crippen molar-refractivity contribution in [3.05, 3.63) is 40.9 Å². The summed E-state index contributed by atoms with van der Waals surface area (Å²) in [6.45, 7) is 11.1. The van der Waals surface area contributed by atoms with Gasteiger partial charge in [-0.3, -0.25) is 9.59 Å². The Labute approximate surface area is 175 Å². The predicted molar refractivity (Wildman–Crippen MR) is 111 cm³/mol. The van der Waals surface area contributed by atoms with Gasteiger partial charge in [0.05, 0.1) is 4.90 Å². The predicted octanol–water partition coefficient (Wildman–Crippen LogP) is 2.72. The molecule has 0 aromatic heterocycles. The quantitative estimate of drug-likeness (QED) is 0.415. The standard InChI is InChI=1S/C19H27BrN2O5S/c1-6-22(11-13(2)3)17(23)12-27-19(24)18(14(4)5)21-28(25,26)16-9-7-15(20)8-10-16/h7-10,14,18,21H,2,6,11-12H2,1,3-5H3. The van der Waals surface area contributed by atoms with E-state index in [1.807, 2.05) is 6.92 Å². The van der Waals surface area contributed by atoms with Gasteiger partial charge in [0.2, 0.25) is 10.0 Å². The largest absolute Gasteiger partial charge is 0.454 e. The molecule has 1 aromatic rings. The maximum atomic E-state index is 12.6. The first kappa shape index (κ1) is 24.3. The van der Waals surface area contributed by atoms with E-state index >= 15 is 0 Å². The SMILES string of the molecule is C=C(C)CN(CC)C(=O)COC(=O)C(NS(=O)(=O)c1ccc(Br)cc1)C(C)C. The maximum Gasteiger partial charge on any atom is 0.324 e. The summed E-state index contributed by atoms with van der Waals surface area (Å²) in [5.74, 6) is -1.53. The van der Waals surface area contributed by atoms with Crippen LogP contribution in [0.5, 0.6) is 0 Å². The lowest BCUT2D eigenvalue weighted by atomic mass is 10.1. The summed E-state index contributed by atoms with van der Waals surface area (Å²) in [6, 6.07) is 4.93. The van der Waals surface area contributed by atoms with E-state index in [0.29, 0.717) is 13.1 Å². The monoisotopic (exact) mass is 474 g/mol. The van der Waals surface area contributed by atoms with E-state index in [9.17, 15) is 18.0 Å². The Kier molecular flexibility index (Phi) is 9.32. The molecule has 0 aliphatic carbocycles. The number of ether oxygens (including phenoxy) is 1. The molecule has 1 unspecified atom stereocenters.